The van der Waals surface area contributed by atoms with Crippen molar-refractivity contribution >= 4 is 45.0 Å². The Morgan fingerprint density at radius 3 is 2.71 bits per heavy atom. The first-order valence-electron chi connectivity index (χ1n) is 6.21. The highest BCUT2D eigenvalue weighted by Crippen LogP contribution is 2.23. The highest BCUT2D eigenvalue weighted by atomic mass is 79.9. The molecular formula is C15H14BrClN2O2. The first-order valence-corrected chi connectivity index (χ1v) is 7.38. The smallest absolute Gasteiger partial charge is 0.411 e. The number of hydrogen-bond acceptors (Lipinski definition) is 3. The number of rotatable bonds is 4. The predicted molar refractivity (Wildman–Crippen MR) is 88.9 cm³/mol. The highest BCUT2D eigenvalue weighted by Gasteiger charge is 2.03. The molecule has 0 aliphatic heterocycles. The van der Waals surface area contributed by atoms with Crippen molar-refractivity contribution in [3.8, 4) is 0 Å². The monoisotopic (exact) mass is 368 g/mol. The molecule has 0 atom stereocenters. The molecule has 0 aromatic heterocycles. The quantitative estimate of drug-likeness (QED) is 0.806. The Kier molecular flexibility index (Phi) is 5.47. The van der Waals surface area contributed by atoms with Crippen molar-refractivity contribution in [2.24, 2.45) is 0 Å². The van der Waals surface area contributed by atoms with Gasteiger partial charge in [0.25, 0.3) is 0 Å². The second kappa shape index (κ2) is 7.33. The molecule has 0 saturated heterocycles. The summed E-state index contributed by atoms with van der Waals surface area (Å²) in [5.74, 6) is 0. The van der Waals surface area contributed by atoms with Crippen LogP contribution < -0.4 is 10.6 Å². The van der Waals surface area contributed by atoms with Crippen LogP contribution in [0, 0.1) is 0 Å². The zero-order valence-corrected chi connectivity index (χ0v) is 13.7. The molecule has 0 fully saturated rings. The number of benzene rings is 2. The number of amides is 1. The number of ether oxygens (including phenoxy) is 1. The van der Waals surface area contributed by atoms with Crippen LogP contribution in [0.2, 0.25) is 5.02 Å². The zero-order valence-electron chi connectivity index (χ0n) is 11.3. The van der Waals surface area contributed by atoms with Crippen LogP contribution in [-0.4, -0.2) is 13.2 Å². The normalized spacial score (nSPS) is 10.0. The molecule has 0 saturated carbocycles. The molecule has 2 aromatic carbocycles. The lowest BCUT2D eigenvalue weighted by Gasteiger charge is -2.10. The maximum absolute atomic E-state index is 11.2. The summed E-state index contributed by atoms with van der Waals surface area (Å²) in [6.45, 7) is 0.591. The number of halogens is 2. The minimum absolute atomic E-state index is 0.497. The van der Waals surface area contributed by atoms with Crippen molar-refractivity contribution in [2.75, 3.05) is 17.7 Å². The number of carbonyl (C=O) groups is 1. The molecule has 0 unspecified atom stereocenters. The highest BCUT2D eigenvalue weighted by molar-refractivity contribution is 9.10. The largest absolute Gasteiger partial charge is 0.453 e. The molecule has 2 N–H and O–H groups in total. The van der Waals surface area contributed by atoms with Gasteiger partial charge in [0.2, 0.25) is 0 Å². The van der Waals surface area contributed by atoms with Gasteiger partial charge in [-0.05, 0) is 35.9 Å². The minimum Gasteiger partial charge on any atom is -0.453 e. The number of carbonyl (C=O) groups excluding carboxylic acids is 1. The Bertz CT molecular complexity index is 649. The van der Waals surface area contributed by atoms with Crippen LogP contribution in [0.15, 0.2) is 46.9 Å². The van der Waals surface area contributed by atoms with Crippen molar-refractivity contribution in [1.82, 2.24) is 0 Å². The van der Waals surface area contributed by atoms with Crippen LogP contribution in [0.3, 0.4) is 0 Å². The first-order chi connectivity index (χ1) is 10.1. The third kappa shape index (κ3) is 4.65. The fourth-order valence-electron chi connectivity index (χ4n) is 1.74. The van der Waals surface area contributed by atoms with Crippen LogP contribution in [0.25, 0.3) is 0 Å². The summed E-state index contributed by atoms with van der Waals surface area (Å²) in [5.41, 5.74) is 2.53. The van der Waals surface area contributed by atoms with Crippen LogP contribution in [-0.2, 0) is 11.3 Å². The van der Waals surface area contributed by atoms with E-state index in [0.717, 1.165) is 15.7 Å². The van der Waals surface area contributed by atoms with E-state index in [0.29, 0.717) is 17.3 Å². The predicted octanol–water partition coefficient (Wildman–Crippen LogP) is 4.89. The summed E-state index contributed by atoms with van der Waals surface area (Å²) in [6.07, 6.45) is -0.497. The molecule has 0 heterocycles. The van der Waals surface area contributed by atoms with Crippen LogP contribution >= 0.6 is 27.5 Å². The molecule has 6 heteroatoms. The van der Waals surface area contributed by atoms with E-state index in [9.17, 15) is 4.79 Å². The van der Waals surface area contributed by atoms with Crippen molar-refractivity contribution in [1.29, 1.82) is 0 Å². The van der Waals surface area contributed by atoms with Crippen molar-refractivity contribution in [3.63, 3.8) is 0 Å². The van der Waals surface area contributed by atoms with E-state index in [1.807, 2.05) is 36.4 Å². The molecule has 21 heavy (non-hydrogen) atoms. The van der Waals surface area contributed by atoms with Gasteiger partial charge in [-0.25, -0.2) is 4.79 Å². The second-order valence-corrected chi connectivity index (χ2v) is 5.61. The molecule has 0 bridgehead atoms. The molecular weight excluding hydrogens is 356 g/mol. The van der Waals surface area contributed by atoms with Crippen LogP contribution in [0.5, 0.6) is 0 Å². The lowest BCUT2D eigenvalue weighted by molar-refractivity contribution is 0.187. The van der Waals surface area contributed by atoms with Gasteiger partial charge < -0.3 is 10.1 Å². The zero-order chi connectivity index (χ0) is 15.2. The van der Waals surface area contributed by atoms with Crippen molar-refractivity contribution < 1.29 is 9.53 Å². The van der Waals surface area contributed by atoms with Gasteiger partial charge in [-0.2, -0.15) is 0 Å². The van der Waals surface area contributed by atoms with E-state index in [4.69, 9.17) is 11.6 Å². The summed E-state index contributed by atoms with van der Waals surface area (Å²) < 4.78 is 5.50. The third-order valence-electron chi connectivity index (χ3n) is 2.79. The maximum Gasteiger partial charge on any atom is 0.411 e. The molecule has 0 aliphatic rings. The lowest BCUT2D eigenvalue weighted by Crippen LogP contribution is -2.11. The van der Waals surface area contributed by atoms with E-state index < -0.39 is 6.09 Å². The summed E-state index contributed by atoms with van der Waals surface area (Å²) in [5, 5.41) is 6.57. The molecule has 0 radical (unpaired) electrons. The average Bonchev–Trinajstić information content (AvgIpc) is 2.46. The molecule has 1 amide bonds. The Balaban J connectivity index is 2.03. The summed E-state index contributed by atoms with van der Waals surface area (Å²) in [7, 11) is 1.33. The standard InChI is InChI=1S/C15H14BrClN2O2/c1-21-15(20)19-13-4-2-3-12(8-13)18-9-10-5-6-11(16)7-14(10)17/h2-8,18H,9H2,1H3,(H,19,20). The first kappa shape index (κ1) is 15.7. The molecule has 4 nitrogen and oxygen atoms in total. The third-order valence-corrected chi connectivity index (χ3v) is 3.64. The van der Waals surface area contributed by atoms with Gasteiger partial charge in [-0.15, -0.1) is 0 Å². The Morgan fingerprint density at radius 2 is 2.00 bits per heavy atom. The van der Waals surface area contributed by atoms with E-state index in [1.165, 1.54) is 7.11 Å². The summed E-state index contributed by atoms with van der Waals surface area (Å²) >= 11 is 9.55. The van der Waals surface area contributed by atoms with E-state index in [2.05, 4.69) is 31.3 Å². The number of anilines is 2. The van der Waals surface area contributed by atoms with Gasteiger partial charge in [0.15, 0.2) is 0 Å². The van der Waals surface area contributed by atoms with Crippen molar-refractivity contribution in [2.45, 2.75) is 6.54 Å². The molecule has 2 aromatic rings. The van der Waals surface area contributed by atoms with E-state index in [-0.39, 0.29) is 0 Å². The number of nitrogens with one attached hydrogen (secondary N) is 2. The average molecular weight is 370 g/mol. The van der Waals surface area contributed by atoms with E-state index >= 15 is 0 Å². The van der Waals surface area contributed by atoms with Crippen LogP contribution in [0.1, 0.15) is 5.56 Å². The van der Waals surface area contributed by atoms with Gasteiger partial charge in [-0.3, -0.25) is 5.32 Å². The maximum atomic E-state index is 11.2. The van der Waals surface area contributed by atoms with Crippen LogP contribution in [0.4, 0.5) is 16.2 Å². The Labute approximate surface area is 136 Å². The number of methoxy groups -OCH3 is 1. The van der Waals surface area contributed by atoms with Gasteiger partial charge >= 0.3 is 6.09 Å². The fourth-order valence-corrected chi connectivity index (χ4v) is 2.48. The topological polar surface area (TPSA) is 50.4 Å². The fraction of sp³-hybridized carbons (Fsp3) is 0.133. The summed E-state index contributed by atoms with van der Waals surface area (Å²) in [6, 6.07) is 13.1. The van der Waals surface area contributed by atoms with Gasteiger partial charge in [0.05, 0.1) is 7.11 Å². The molecule has 110 valence electrons. The van der Waals surface area contributed by atoms with Crippen molar-refractivity contribution in [3.05, 3.63) is 57.5 Å². The van der Waals surface area contributed by atoms with Gasteiger partial charge in [0.1, 0.15) is 0 Å². The number of hydrogen-bond donors (Lipinski definition) is 2. The van der Waals surface area contributed by atoms with Gasteiger partial charge in [0, 0.05) is 27.4 Å². The SMILES string of the molecule is COC(=O)Nc1cccc(NCc2ccc(Br)cc2Cl)c1. The Hall–Kier alpha value is -1.72. The summed E-state index contributed by atoms with van der Waals surface area (Å²) in [4.78, 5) is 11.2. The molecule has 0 spiro atoms. The molecule has 2 rings (SSSR count). The Morgan fingerprint density at radius 1 is 1.24 bits per heavy atom. The van der Waals surface area contributed by atoms with E-state index in [1.54, 1.807) is 6.07 Å². The second-order valence-electron chi connectivity index (χ2n) is 4.29. The van der Waals surface area contributed by atoms with Gasteiger partial charge in [-0.1, -0.05) is 39.7 Å². The lowest BCUT2D eigenvalue weighted by atomic mass is 10.2. The molecule has 0 aliphatic carbocycles. The minimum atomic E-state index is -0.497.